The van der Waals surface area contributed by atoms with Crippen LogP contribution in [0.3, 0.4) is 0 Å². The third-order valence-electron chi connectivity index (χ3n) is 3.65. The summed E-state index contributed by atoms with van der Waals surface area (Å²) in [4.78, 5) is 2.17. The summed E-state index contributed by atoms with van der Waals surface area (Å²) < 4.78 is 0. The van der Waals surface area contributed by atoms with E-state index >= 15 is 0 Å². The van der Waals surface area contributed by atoms with E-state index in [2.05, 4.69) is 11.8 Å². The summed E-state index contributed by atoms with van der Waals surface area (Å²) >= 11 is 0. The summed E-state index contributed by atoms with van der Waals surface area (Å²) in [6.07, 6.45) is 0.253. The van der Waals surface area contributed by atoms with E-state index in [9.17, 15) is 10.2 Å². The van der Waals surface area contributed by atoms with Gasteiger partial charge in [0, 0.05) is 24.3 Å². The van der Waals surface area contributed by atoms with Crippen LogP contribution in [0.25, 0.3) is 0 Å². The number of aliphatic hydroxyl groups is 2. The number of anilines is 1. The standard InChI is InChI=1S/C14H21NO2/c1-10-7-8-15(9-14(10)17)13-6-4-3-5-12(13)11(2)16/h3-6,10-11,14,16-17H,7-9H2,1-2H3/t10?,11-,14?/m0/s1. The molecule has 0 saturated carbocycles. The largest absolute Gasteiger partial charge is 0.391 e. The van der Waals surface area contributed by atoms with Crippen molar-refractivity contribution in [3.63, 3.8) is 0 Å². The van der Waals surface area contributed by atoms with Gasteiger partial charge in [0.1, 0.15) is 0 Å². The van der Waals surface area contributed by atoms with Crippen molar-refractivity contribution >= 4 is 5.69 Å². The summed E-state index contributed by atoms with van der Waals surface area (Å²) in [5, 5.41) is 19.7. The maximum absolute atomic E-state index is 9.93. The van der Waals surface area contributed by atoms with Crippen molar-refractivity contribution in [2.75, 3.05) is 18.0 Å². The first-order valence-corrected chi connectivity index (χ1v) is 6.29. The van der Waals surface area contributed by atoms with Gasteiger partial charge in [0.15, 0.2) is 0 Å². The Morgan fingerprint density at radius 2 is 2.06 bits per heavy atom. The highest BCUT2D eigenvalue weighted by molar-refractivity contribution is 5.55. The lowest BCUT2D eigenvalue weighted by atomic mass is 9.94. The molecule has 1 aliphatic rings. The van der Waals surface area contributed by atoms with Gasteiger partial charge in [-0.05, 0) is 25.3 Å². The van der Waals surface area contributed by atoms with Gasteiger partial charge in [-0.25, -0.2) is 0 Å². The van der Waals surface area contributed by atoms with Gasteiger partial charge < -0.3 is 15.1 Å². The molecule has 2 unspecified atom stereocenters. The third-order valence-corrected chi connectivity index (χ3v) is 3.65. The summed E-state index contributed by atoms with van der Waals surface area (Å²) in [5.74, 6) is 0.366. The minimum Gasteiger partial charge on any atom is -0.391 e. The Morgan fingerprint density at radius 1 is 1.35 bits per heavy atom. The minimum absolute atomic E-state index is 0.272. The van der Waals surface area contributed by atoms with Crippen LogP contribution >= 0.6 is 0 Å². The van der Waals surface area contributed by atoms with Crippen molar-refractivity contribution in [3.8, 4) is 0 Å². The van der Waals surface area contributed by atoms with Crippen molar-refractivity contribution in [1.82, 2.24) is 0 Å². The van der Waals surface area contributed by atoms with E-state index in [1.165, 1.54) is 0 Å². The summed E-state index contributed by atoms with van der Waals surface area (Å²) in [7, 11) is 0. The van der Waals surface area contributed by atoms with Crippen LogP contribution < -0.4 is 4.90 Å². The Labute approximate surface area is 103 Å². The molecule has 2 rings (SSSR count). The zero-order valence-corrected chi connectivity index (χ0v) is 10.5. The Hall–Kier alpha value is -1.06. The Kier molecular flexibility index (Phi) is 3.69. The van der Waals surface area contributed by atoms with Gasteiger partial charge in [-0.2, -0.15) is 0 Å². The number of rotatable bonds is 2. The van der Waals surface area contributed by atoms with Gasteiger partial charge in [-0.3, -0.25) is 0 Å². The Morgan fingerprint density at radius 3 is 2.71 bits per heavy atom. The number of β-amino-alcohol motifs (C(OH)–C–C–N with tert-alkyl or cyclic N) is 1. The van der Waals surface area contributed by atoms with E-state index in [-0.39, 0.29) is 6.10 Å². The van der Waals surface area contributed by atoms with Crippen LogP contribution in [0.1, 0.15) is 31.9 Å². The molecule has 17 heavy (non-hydrogen) atoms. The summed E-state index contributed by atoms with van der Waals surface area (Å²) in [5.41, 5.74) is 1.99. The predicted octanol–water partition coefficient (Wildman–Crippen LogP) is 1.95. The second-order valence-corrected chi connectivity index (χ2v) is 5.01. The van der Waals surface area contributed by atoms with Crippen molar-refractivity contribution in [2.45, 2.75) is 32.5 Å². The Bertz CT molecular complexity index is 378. The van der Waals surface area contributed by atoms with Crippen molar-refractivity contribution in [2.24, 2.45) is 5.92 Å². The molecule has 3 heteroatoms. The second kappa shape index (κ2) is 5.07. The molecule has 1 aliphatic heterocycles. The number of para-hydroxylation sites is 1. The molecule has 0 spiro atoms. The van der Waals surface area contributed by atoms with Crippen LogP contribution in [0.5, 0.6) is 0 Å². The smallest absolute Gasteiger partial charge is 0.0781 e. The number of piperidine rings is 1. The molecule has 1 heterocycles. The fourth-order valence-corrected chi connectivity index (χ4v) is 2.40. The first-order valence-electron chi connectivity index (χ1n) is 6.29. The van der Waals surface area contributed by atoms with E-state index in [0.29, 0.717) is 12.5 Å². The zero-order valence-electron chi connectivity index (χ0n) is 10.5. The van der Waals surface area contributed by atoms with Crippen molar-refractivity contribution < 1.29 is 10.2 Å². The first-order chi connectivity index (χ1) is 8.09. The molecule has 3 nitrogen and oxygen atoms in total. The molecular formula is C14H21NO2. The van der Waals surface area contributed by atoms with Gasteiger partial charge in [-0.1, -0.05) is 25.1 Å². The summed E-state index contributed by atoms with van der Waals surface area (Å²) in [6, 6.07) is 7.88. The summed E-state index contributed by atoms with van der Waals surface area (Å²) in [6.45, 7) is 5.47. The highest BCUT2D eigenvalue weighted by atomic mass is 16.3. The molecule has 0 aromatic heterocycles. The van der Waals surface area contributed by atoms with E-state index in [1.807, 2.05) is 24.3 Å². The lowest BCUT2D eigenvalue weighted by molar-refractivity contribution is 0.102. The van der Waals surface area contributed by atoms with Crippen LogP contribution in [0.15, 0.2) is 24.3 Å². The number of benzene rings is 1. The fourth-order valence-electron chi connectivity index (χ4n) is 2.40. The molecule has 0 aliphatic carbocycles. The normalized spacial score (nSPS) is 26.9. The van der Waals surface area contributed by atoms with Gasteiger partial charge in [0.05, 0.1) is 12.2 Å². The molecule has 0 amide bonds. The lowest BCUT2D eigenvalue weighted by Gasteiger charge is -2.37. The molecule has 2 N–H and O–H groups in total. The van der Waals surface area contributed by atoms with Gasteiger partial charge in [-0.15, -0.1) is 0 Å². The lowest BCUT2D eigenvalue weighted by Crippen LogP contribution is -2.43. The van der Waals surface area contributed by atoms with E-state index in [4.69, 9.17) is 0 Å². The minimum atomic E-state index is -0.470. The van der Waals surface area contributed by atoms with Crippen LogP contribution in [0.2, 0.25) is 0 Å². The molecule has 94 valence electrons. The molecular weight excluding hydrogens is 214 g/mol. The van der Waals surface area contributed by atoms with Gasteiger partial charge in [0.25, 0.3) is 0 Å². The van der Waals surface area contributed by atoms with Crippen LogP contribution in [0.4, 0.5) is 5.69 Å². The molecule has 3 atom stereocenters. The van der Waals surface area contributed by atoms with Crippen LogP contribution in [0, 0.1) is 5.92 Å². The highest BCUT2D eigenvalue weighted by Crippen LogP contribution is 2.29. The molecule has 1 fully saturated rings. The average molecular weight is 235 g/mol. The van der Waals surface area contributed by atoms with Crippen molar-refractivity contribution in [1.29, 1.82) is 0 Å². The van der Waals surface area contributed by atoms with E-state index in [1.54, 1.807) is 6.92 Å². The fraction of sp³-hybridized carbons (Fsp3) is 0.571. The molecule has 1 saturated heterocycles. The molecule has 1 aromatic carbocycles. The van der Waals surface area contributed by atoms with Crippen LogP contribution in [-0.4, -0.2) is 29.4 Å². The number of hydrogen-bond donors (Lipinski definition) is 2. The highest BCUT2D eigenvalue weighted by Gasteiger charge is 2.25. The third kappa shape index (κ3) is 2.61. The average Bonchev–Trinajstić information content (AvgIpc) is 2.32. The van der Waals surface area contributed by atoms with Crippen molar-refractivity contribution in [3.05, 3.63) is 29.8 Å². The van der Waals surface area contributed by atoms with E-state index < -0.39 is 6.10 Å². The predicted molar refractivity (Wildman–Crippen MR) is 69.1 cm³/mol. The zero-order chi connectivity index (χ0) is 12.4. The van der Waals surface area contributed by atoms with Crippen LogP contribution in [-0.2, 0) is 0 Å². The van der Waals surface area contributed by atoms with E-state index in [0.717, 1.165) is 24.2 Å². The van der Waals surface area contributed by atoms with Gasteiger partial charge in [0.2, 0.25) is 0 Å². The molecule has 0 radical (unpaired) electrons. The number of aliphatic hydroxyl groups excluding tert-OH is 2. The quantitative estimate of drug-likeness (QED) is 0.823. The molecule has 0 bridgehead atoms. The molecule has 1 aromatic rings. The topological polar surface area (TPSA) is 43.7 Å². The first kappa shape index (κ1) is 12.4. The van der Waals surface area contributed by atoms with Gasteiger partial charge >= 0.3 is 0 Å². The number of hydrogen-bond acceptors (Lipinski definition) is 3. The SMILES string of the molecule is CC1CCN(c2ccccc2[C@H](C)O)CC1O. The monoisotopic (exact) mass is 235 g/mol. The maximum Gasteiger partial charge on any atom is 0.0781 e. The second-order valence-electron chi connectivity index (χ2n) is 5.01. The Balaban J connectivity index is 2.22. The number of nitrogens with zero attached hydrogens (tertiary/aromatic N) is 1. The maximum atomic E-state index is 9.93.